The Morgan fingerprint density at radius 1 is 1.08 bits per heavy atom. The van der Waals surface area contributed by atoms with Crippen molar-refractivity contribution in [2.75, 3.05) is 19.7 Å². The lowest BCUT2D eigenvalue weighted by Crippen LogP contribution is -2.16. The number of nitrogens with zero attached hydrogens (tertiary/aromatic N) is 1. The Morgan fingerprint density at radius 2 is 1.75 bits per heavy atom. The van der Waals surface area contributed by atoms with Crippen molar-refractivity contribution in [3.05, 3.63) is 0 Å². The van der Waals surface area contributed by atoms with Crippen molar-refractivity contribution in [1.82, 2.24) is 5.32 Å². The molecule has 0 saturated carbocycles. The summed E-state index contributed by atoms with van der Waals surface area (Å²) in [6.45, 7) is 2.26. The molecule has 0 aliphatic heterocycles. The van der Waals surface area contributed by atoms with Crippen LogP contribution in [0.2, 0.25) is 0 Å². The van der Waals surface area contributed by atoms with Crippen molar-refractivity contribution < 1.29 is 5.11 Å². The summed E-state index contributed by atoms with van der Waals surface area (Å²) >= 11 is 0. The van der Waals surface area contributed by atoms with Gasteiger partial charge in [-0.05, 0) is 38.8 Å². The maximum absolute atomic E-state index is 8.48. The van der Waals surface area contributed by atoms with Crippen LogP contribution in [0.1, 0.15) is 32.1 Å². The zero-order valence-electron chi connectivity index (χ0n) is 7.55. The Kier molecular flexibility index (Phi) is 9.90. The summed E-state index contributed by atoms with van der Waals surface area (Å²) in [4.78, 5) is 0. The number of hydrogen-bond donors (Lipinski definition) is 2. The summed E-state index contributed by atoms with van der Waals surface area (Å²) in [5, 5.41) is 20.0. The highest BCUT2D eigenvalue weighted by molar-refractivity contribution is 4.68. The lowest BCUT2D eigenvalue weighted by molar-refractivity contribution is 0.283. The monoisotopic (exact) mass is 170 g/mol. The zero-order chi connectivity index (χ0) is 9.07. The highest BCUT2D eigenvalue weighted by Crippen LogP contribution is 1.91. The molecule has 0 unspecified atom stereocenters. The molecular formula is C9H18N2O. The van der Waals surface area contributed by atoms with Gasteiger partial charge in [0.05, 0.1) is 6.07 Å². The minimum absolute atomic E-state index is 0.288. The van der Waals surface area contributed by atoms with Gasteiger partial charge in [-0.2, -0.15) is 5.26 Å². The molecule has 0 aliphatic carbocycles. The minimum Gasteiger partial charge on any atom is -0.396 e. The summed E-state index contributed by atoms with van der Waals surface area (Å²) in [6.07, 6.45) is 4.65. The first-order valence-electron chi connectivity index (χ1n) is 4.60. The van der Waals surface area contributed by atoms with Crippen molar-refractivity contribution in [3.63, 3.8) is 0 Å². The van der Waals surface area contributed by atoms with E-state index < -0.39 is 0 Å². The molecule has 0 aromatic carbocycles. The molecule has 0 radical (unpaired) electrons. The second kappa shape index (κ2) is 10.4. The first-order chi connectivity index (χ1) is 5.91. The molecule has 0 aromatic heterocycles. The fourth-order valence-corrected chi connectivity index (χ4v) is 0.941. The number of rotatable bonds is 8. The Bertz CT molecular complexity index is 120. The van der Waals surface area contributed by atoms with E-state index in [1.165, 1.54) is 0 Å². The topological polar surface area (TPSA) is 56.0 Å². The summed E-state index contributed by atoms with van der Waals surface area (Å²) in [6, 6.07) is 2.12. The third-order valence-corrected chi connectivity index (χ3v) is 1.65. The summed E-state index contributed by atoms with van der Waals surface area (Å²) in [5.41, 5.74) is 0. The van der Waals surface area contributed by atoms with Crippen LogP contribution < -0.4 is 5.32 Å². The van der Waals surface area contributed by atoms with Crippen LogP contribution in [0.25, 0.3) is 0 Å². The minimum atomic E-state index is 0.288. The van der Waals surface area contributed by atoms with Crippen LogP contribution >= 0.6 is 0 Å². The van der Waals surface area contributed by atoms with Crippen molar-refractivity contribution in [1.29, 1.82) is 5.26 Å². The molecule has 3 heteroatoms. The molecule has 0 rings (SSSR count). The van der Waals surface area contributed by atoms with Crippen LogP contribution in [-0.4, -0.2) is 24.8 Å². The summed E-state index contributed by atoms with van der Waals surface area (Å²) in [7, 11) is 0. The number of aliphatic hydroxyl groups excluding tert-OH is 1. The fourth-order valence-electron chi connectivity index (χ4n) is 0.941. The van der Waals surface area contributed by atoms with Crippen LogP contribution in [-0.2, 0) is 0 Å². The van der Waals surface area contributed by atoms with E-state index in [1.807, 2.05) is 0 Å². The van der Waals surface area contributed by atoms with Crippen LogP contribution in [0.3, 0.4) is 0 Å². The van der Waals surface area contributed by atoms with Crippen LogP contribution in [0.15, 0.2) is 0 Å². The third kappa shape index (κ3) is 9.41. The molecule has 0 aliphatic rings. The van der Waals surface area contributed by atoms with E-state index in [0.29, 0.717) is 6.42 Å². The average Bonchev–Trinajstić information content (AvgIpc) is 2.10. The number of nitrogens with one attached hydrogen (secondary N) is 1. The van der Waals surface area contributed by atoms with Crippen molar-refractivity contribution >= 4 is 0 Å². The maximum atomic E-state index is 8.48. The highest BCUT2D eigenvalue weighted by Gasteiger charge is 1.88. The SMILES string of the molecule is N#CCCCCNCCCCO. The van der Waals surface area contributed by atoms with Crippen LogP contribution in [0, 0.1) is 11.3 Å². The van der Waals surface area contributed by atoms with Gasteiger partial charge in [0.2, 0.25) is 0 Å². The Hall–Kier alpha value is -0.590. The smallest absolute Gasteiger partial charge is 0.0621 e. The summed E-state index contributed by atoms with van der Waals surface area (Å²) in [5.74, 6) is 0. The van der Waals surface area contributed by atoms with E-state index in [9.17, 15) is 0 Å². The first-order valence-corrected chi connectivity index (χ1v) is 4.60. The van der Waals surface area contributed by atoms with Gasteiger partial charge in [0.25, 0.3) is 0 Å². The Morgan fingerprint density at radius 3 is 2.33 bits per heavy atom. The van der Waals surface area contributed by atoms with Gasteiger partial charge in [-0.1, -0.05) is 0 Å². The van der Waals surface area contributed by atoms with E-state index in [0.717, 1.165) is 38.8 Å². The molecule has 0 atom stereocenters. The van der Waals surface area contributed by atoms with Crippen molar-refractivity contribution in [2.45, 2.75) is 32.1 Å². The molecule has 0 bridgehead atoms. The largest absolute Gasteiger partial charge is 0.396 e. The lowest BCUT2D eigenvalue weighted by Gasteiger charge is -2.01. The Balaban J connectivity index is 2.78. The number of unbranched alkanes of at least 4 members (excludes halogenated alkanes) is 3. The molecular weight excluding hydrogens is 152 g/mol. The molecule has 0 heterocycles. The predicted molar refractivity (Wildman–Crippen MR) is 48.7 cm³/mol. The van der Waals surface area contributed by atoms with Gasteiger partial charge in [0, 0.05) is 13.0 Å². The number of aliphatic hydroxyl groups is 1. The van der Waals surface area contributed by atoms with Crippen molar-refractivity contribution in [2.24, 2.45) is 0 Å². The molecule has 12 heavy (non-hydrogen) atoms. The fraction of sp³-hybridized carbons (Fsp3) is 0.889. The summed E-state index contributed by atoms with van der Waals surface area (Å²) < 4.78 is 0. The van der Waals surface area contributed by atoms with Gasteiger partial charge in [0.1, 0.15) is 0 Å². The normalized spacial score (nSPS) is 9.67. The van der Waals surface area contributed by atoms with Crippen LogP contribution in [0.5, 0.6) is 0 Å². The standard InChI is InChI=1S/C9H18N2O/c10-6-2-1-3-7-11-8-4-5-9-12/h11-12H,1-5,7-9H2. The second-order valence-corrected chi connectivity index (χ2v) is 2.80. The van der Waals surface area contributed by atoms with Gasteiger partial charge in [-0.3, -0.25) is 0 Å². The number of hydrogen-bond acceptors (Lipinski definition) is 3. The average molecular weight is 170 g/mol. The molecule has 0 spiro atoms. The van der Waals surface area contributed by atoms with E-state index in [-0.39, 0.29) is 6.61 Å². The van der Waals surface area contributed by atoms with E-state index in [4.69, 9.17) is 10.4 Å². The first kappa shape index (κ1) is 11.4. The van der Waals surface area contributed by atoms with E-state index >= 15 is 0 Å². The third-order valence-electron chi connectivity index (χ3n) is 1.65. The van der Waals surface area contributed by atoms with Gasteiger partial charge in [-0.25, -0.2) is 0 Å². The molecule has 0 saturated heterocycles. The Labute approximate surface area is 74.4 Å². The van der Waals surface area contributed by atoms with Gasteiger partial charge < -0.3 is 10.4 Å². The van der Waals surface area contributed by atoms with Gasteiger partial charge in [0.15, 0.2) is 0 Å². The molecule has 0 aromatic rings. The van der Waals surface area contributed by atoms with Gasteiger partial charge >= 0.3 is 0 Å². The molecule has 3 nitrogen and oxygen atoms in total. The highest BCUT2D eigenvalue weighted by atomic mass is 16.2. The van der Waals surface area contributed by atoms with E-state index in [2.05, 4.69) is 11.4 Å². The zero-order valence-corrected chi connectivity index (χ0v) is 7.55. The molecule has 2 N–H and O–H groups in total. The number of nitriles is 1. The maximum Gasteiger partial charge on any atom is 0.0621 e. The predicted octanol–water partition coefficient (Wildman–Crippen LogP) is 1.04. The van der Waals surface area contributed by atoms with Crippen molar-refractivity contribution in [3.8, 4) is 6.07 Å². The molecule has 0 amide bonds. The second-order valence-electron chi connectivity index (χ2n) is 2.80. The van der Waals surface area contributed by atoms with E-state index in [1.54, 1.807) is 0 Å². The lowest BCUT2D eigenvalue weighted by atomic mass is 10.2. The molecule has 70 valence electrons. The van der Waals surface area contributed by atoms with Gasteiger partial charge in [-0.15, -0.1) is 0 Å². The quantitative estimate of drug-likeness (QED) is 0.535. The van der Waals surface area contributed by atoms with Crippen LogP contribution in [0.4, 0.5) is 0 Å². The molecule has 0 fully saturated rings.